The number of nitrogens with zero attached hydrogens (tertiary/aromatic N) is 5. The van der Waals surface area contributed by atoms with Crippen molar-refractivity contribution in [2.24, 2.45) is 0 Å². The number of hydrogen-bond acceptors (Lipinski definition) is 5. The minimum absolute atomic E-state index is 0.341. The molecule has 5 nitrogen and oxygen atoms in total. The first-order valence-electron chi connectivity index (χ1n) is 49.7. The monoisotopic (exact) mass is 1810 g/mol. The first-order chi connectivity index (χ1) is 68.8. The van der Waals surface area contributed by atoms with Crippen LogP contribution < -0.4 is 57.3 Å². The van der Waals surface area contributed by atoms with Crippen LogP contribution in [0.5, 0.6) is 0 Å². The van der Waals surface area contributed by atoms with Crippen LogP contribution in [0, 0.1) is 96.9 Å². The summed E-state index contributed by atoms with van der Waals surface area (Å²) in [6.45, 7) is 31.0. The van der Waals surface area contributed by atoms with Gasteiger partial charge < -0.3 is 24.5 Å². The Balaban J connectivity index is 0.868. The zero-order valence-electron chi connectivity index (χ0n) is 82.6. The van der Waals surface area contributed by atoms with Gasteiger partial charge in [0.25, 0.3) is 13.4 Å². The van der Waals surface area contributed by atoms with Gasteiger partial charge in [-0.1, -0.05) is 303 Å². The maximum absolute atomic E-state index is 2.77. The van der Waals surface area contributed by atoms with E-state index in [4.69, 9.17) is 0 Å². The van der Waals surface area contributed by atoms with E-state index in [9.17, 15) is 0 Å². The predicted octanol–water partition coefficient (Wildman–Crippen LogP) is 32.6. The second-order valence-electron chi connectivity index (χ2n) is 39.7. The molecule has 4 aliphatic heterocycles. The summed E-state index contributed by atoms with van der Waals surface area (Å²) in [5.41, 5.74) is 62.2. The second-order valence-corrected chi connectivity index (χ2v) is 39.7. The molecule has 0 amide bonds. The van der Waals surface area contributed by atoms with Crippen LogP contribution in [0.1, 0.15) is 77.9 Å². The second kappa shape index (κ2) is 34.9. The van der Waals surface area contributed by atoms with E-state index in [-0.39, 0.29) is 6.71 Å². The van der Waals surface area contributed by atoms with Gasteiger partial charge in [-0.2, -0.15) is 0 Å². The molecule has 0 N–H and O–H groups in total. The van der Waals surface area contributed by atoms with Gasteiger partial charge >= 0.3 is 0 Å². The van der Waals surface area contributed by atoms with Gasteiger partial charge in [-0.15, -0.1) is 0 Å². The number of fused-ring (bicyclic) bond motifs is 8. The summed E-state index contributed by atoms with van der Waals surface area (Å²) in [4.78, 5) is 13.3. The van der Waals surface area contributed by atoms with Crippen LogP contribution >= 0.6 is 0 Å². The Morgan fingerprint density at radius 3 is 0.759 bits per heavy atom. The Labute approximate surface area is 831 Å². The van der Waals surface area contributed by atoms with Crippen molar-refractivity contribution in [1.29, 1.82) is 0 Å². The lowest BCUT2D eigenvalue weighted by Gasteiger charge is -2.48. The van der Waals surface area contributed by atoms with Gasteiger partial charge in [-0.05, 0) is 400 Å². The molecule has 0 aromatic heterocycles. The van der Waals surface area contributed by atoms with Crippen molar-refractivity contribution in [3.8, 4) is 100 Å². The van der Waals surface area contributed by atoms with E-state index < -0.39 is 6.71 Å². The number of para-hydroxylation sites is 2. The molecule has 0 saturated carbocycles. The molecule has 0 unspecified atom stereocenters. The normalized spacial score (nSPS) is 12.5. The summed E-state index contributed by atoms with van der Waals surface area (Å²) in [5.74, 6) is 0. The fourth-order valence-electron chi connectivity index (χ4n) is 24.6. The van der Waals surface area contributed by atoms with Gasteiger partial charge in [0.1, 0.15) is 0 Å². The molecular weight excluding hydrogens is 1700 g/mol. The fraction of sp³-hybridized carbons (Fsp3) is 0.104. The minimum Gasteiger partial charge on any atom is -0.311 e. The molecule has 24 rings (SSSR count). The van der Waals surface area contributed by atoms with E-state index in [0.717, 1.165) is 113 Å². The van der Waals surface area contributed by atoms with Crippen LogP contribution in [0.4, 0.5) is 85.3 Å². The summed E-state index contributed by atoms with van der Waals surface area (Å²) in [6, 6.07) is 157. The third kappa shape index (κ3) is 14.6. The Morgan fingerprint density at radius 1 is 0.163 bits per heavy atom. The SMILES string of the molecule is Cc1cccc(C)c1-c1ccc(N(c2ccc(-c3c(C)cccc3C)cc2)c2cc3c4c(c2)N(c2c(-c5ccccc5)cccc2-c2ccccc2)c2cc5c(cc2B4c2cc(-c4c(C)cccc4C)ccc2N3c2ccc(-c3c(C)cccc3C)cc2)B2c3cc(-c4c(C)cccc4C)ccc3N(c3ccc(-c4c(C)cccc4C)cc3)c3cc(-c4c(C)cccc4C)cc(c32)N5c2ccccc2)cc1. The number of aryl methyl sites for hydroxylation is 14. The smallest absolute Gasteiger partial charge is 0.252 e. The molecule has 4 aliphatic rings. The summed E-state index contributed by atoms with van der Waals surface area (Å²) >= 11 is 0. The lowest BCUT2D eigenvalue weighted by molar-refractivity contribution is 1.22. The van der Waals surface area contributed by atoms with Crippen molar-refractivity contribution >= 4 is 132 Å². The van der Waals surface area contributed by atoms with Crippen molar-refractivity contribution < 1.29 is 0 Å². The zero-order valence-corrected chi connectivity index (χ0v) is 82.6. The maximum Gasteiger partial charge on any atom is 0.252 e. The van der Waals surface area contributed by atoms with E-state index in [2.05, 4.69) is 528 Å². The highest BCUT2D eigenvalue weighted by Crippen LogP contribution is 2.57. The highest BCUT2D eigenvalue weighted by molar-refractivity contribution is 7.03. The van der Waals surface area contributed by atoms with Gasteiger partial charge in [0.15, 0.2) is 0 Å². The average Bonchev–Trinajstić information content (AvgIpc) is 0.676. The van der Waals surface area contributed by atoms with Gasteiger partial charge in [0.05, 0.1) is 11.4 Å². The third-order valence-corrected chi connectivity index (χ3v) is 30.8. The Kier molecular flexibility index (Phi) is 21.6. The van der Waals surface area contributed by atoms with E-state index in [1.807, 2.05) is 0 Å². The predicted molar refractivity (Wildman–Crippen MR) is 604 cm³/mol. The van der Waals surface area contributed by atoms with Crippen LogP contribution in [0.3, 0.4) is 0 Å². The number of rotatable bonds is 16. The molecule has 141 heavy (non-hydrogen) atoms. The molecule has 4 heterocycles. The molecule has 0 bridgehead atoms. The van der Waals surface area contributed by atoms with Crippen LogP contribution in [-0.4, -0.2) is 13.4 Å². The van der Waals surface area contributed by atoms with E-state index >= 15 is 0 Å². The Morgan fingerprint density at radius 2 is 0.418 bits per heavy atom. The van der Waals surface area contributed by atoms with Crippen LogP contribution in [0.2, 0.25) is 0 Å². The van der Waals surface area contributed by atoms with Crippen molar-refractivity contribution in [2.75, 3.05) is 24.5 Å². The van der Waals surface area contributed by atoms with E-state index in [1.54, 1.807) is 0 Å². The lowest BCUT2D eigenvalue weighted by Crippen LogP contribution is -2.65. The molecule has 20 aromatic rings. The average molecular weight is 1810 g/mol. The number of anilines is 15. The maximum atomic E-state index is 2.77. The van der Waals surface area contributed by atoms with Crippen LogP contribution in [-0.2, 0) is 0 Å². The molecule has 0 saturated heterocycles. The van der Waals surface area contributed by atoms with Crippen LogP contribution in [0.25, 0.3) is 100 Å². The standard InChI is InChI=1S/C134H109B2N5/c1-82-32-24-33-83(2)125(82)98-54-64-106(65-55-98)137(107-66-56-99(57-67-107)126-84(3)34-25-35-85(126)4)110-78-123-133-124(79-110)141(134-111(96-46-18-15-19-47-96)52-31-53-112(134)97-48-20-16-21-49-97)120-81-119-115(80-116(120)136(133)114-75-103(130-92(11)42-29-43-93(130)12)63-73-118(114)139(123)109-70-60-101(61-71-109)128-88(7)38-27-39-89(128)8)135-113-74-102(129-90(9)40-28-41-91(129)10)62-72-117(113)138(108-68-58-100(59-69-108)127-86(5)36-26-37-87(127)6)121-76-104(131-94(13)44-30-45-95(131)14)77-122(132(121)135)140(119)105-50-22-17-23-51-105/h15-81H,1-14H3. The zero-order chi connectivity index (χ0) is 96.0. The molecule has 20 aromatic carbocycles. The molecular formula is C134H109B2N5. The molecule has 7 heteroatoms. The van der Waals surface area contributed by atoms with Crippen molar-refractivity contribution in [1.82, 2.24) is 0 Å². The summed E-state index contributed by atoms with van der Waals surface area (Å²) in [6.07, 6.45) is 0. The highest BCUT2D eigenvalue weighted by atomic mass is 15.2. The van der Waals surface area contributed by atoms with E-state index in [0.29, 0.717) is 0 Å². The lowest BCUT2D eigenvalue weighted by atomic mass is 9.30. The highest BCUT2D eigenvalue weighted by Gasteiger charge is 2.50. The Hall–Kier alpha value is -16.5. The number of benzene rings is 20. The topological polar surface area (TPSA) is 16.2 Å². The van der Waals surface area contributed by atoms with Crippen molar-refractivity contribution in [2.45, 2.75) is 96.9 Å². The summed E-state index contributed by atoms with van der Waals surface area (Å²) < 4.78 is 0. The molecule has 676 valence electrons. The number of hydrogen-bond donors (Lipinski definition) is 0. The fourth-order valence-corrected chi connectivity index (χ4v) is 24.6. The minimum atomic E-state index is -0.413. The van der Waals surface area contributed by atoms with Gasteiger partial charge in [-0.3, -0.25) is 0 Å². The summed E-state index contributed by atoms with van der Waals surface area (Å²) in [7, 11) is 0. The quantitative estimate of drug-likeness (QED) is 0.0894. The van der Waals surface area contributed by atoms with Gasteiger partial charge in [0, 0.05) is 85.1 Å². The first kappa shape index (κ1) is 87.3. The van der Waals surface area contributed by atoms with Crippen molar-refractivity contribution in [3.63, 3.8) is 0 Å². The van der Waals surface area contributed by atoms with Crippen molar-refractivity contribution in [3.05, 3.63) is 484 Å². The first-order valence-corrected chi connectivity index (χ1v) is 49.7. The molecule has 0 aliphatic carbocycles. The van der Waals surface area contributed by atoms with Gasteiger partial charge in [-0.25, -0.2) is 0 Å². The molecule has 0 fully saturated rings. The third-order valence-electron chi connectivity index (χ3n) is 30.8. The molecule has 0 radical (unpaired) electrons. The Bertz CT molecular complexity index is 8160. The molecule has 0 atom stereocenters. The molecule has 0 spiro atoms. The summed E-state index contributed by atoms with van der Waals surface area (Å²) in [5, 5.41) is 0. The van der Waals surface area contributed by atoms with Gasteiger partial charge in [0.2, 0.25) is 0 Å². The van der Waals surface area contributed by atoms with E-state index in [1.165, 1.54) is 183 Å². The van der Waals surface area contributed by atoms with Crippen LogP contribution in [0.15, 0.2) is 406 Å². The largest absolute Gasteiger partial charge is 0.311 e.